The fourth-order valence-electron chi connectivity index (χ4n) is 2.01. The molecule has 0 bridgehead atoms. The summed E-state index contributed by atoms with van der Waals surface area (Å²) in [4.78, 5) is 24.1. The van der Waals surface area contributed by atoms with Crippen molar-refractivity contribution in [2.75, 3.05) is 6.54 Å². The van der Waals surface area contributed by atoms with Crippen LogP contribution in [0.25, 0.3) is 0 Å². The molecular weight excluding hydrogens is 182 g/mol. The first-order chi connectivity index (χ1) is 6.57. The number of hydrogen-bond acceptors (Lipinski definition) is 2. The van der Waals surface area contributed by atoms with E-state index in [9.17, 15) is 9.59 Å². The minimum Gasteiger partial charge on any atom is -0.481 e. The summed E-state index contributed by atoms with van der Waals surface area (Å²) < 4.78 is 0. The van der Waals surface area contributed by atoms with Gasteiger partial charge in [0.05, 0.1) is 5.92 Å². The number of carboxylic acid groups (broad SMARTS) is 1. The highest BCUT2D eigenvalue weighted by atomic mass is 16.4. The Bertz CT molecular complexity index is 240. The number of hydrogen-bond donors (Lipinski definition) is 1. The van der Waals surface area contributed by atoms with Gasteiger partial charge in [-0.05, 0) is 19.8 Å². The van der Waals surface area contributed by atoms with E-state index in [1.807, 2.05) is 13.8 Å². The van der Waals surface area contributed by atoms with Gasteiger partial charge >= 0.3 is 5.97 Å². The molecule has 1 fully saturated rings. The standard InChI is InChI=1S/C10H17NO3/c1-3-6-11-7(2)8(10(13)14)4-5-9(11)12/h7-8H,3-6H2,1-2H3,(H,13,14)/t7-,8+/m1/s1. The molecule has 0 saturated carbocycles. The van der Waals surface area contributed by atoms with E-state index in [0.717, 1.165) is 6.42 Å². The number of rotatable bonds is 3. The van der Waals surface area contributed by atoms with Crippen molar-refractivity contribution in [1.29, 1.82) is 0 Å². The summed E-state index contributed by atoms with van der Waals surface area (Å²) in [6.07, 6.45) is 1.74. The van der Waals surface area contributed by atoms with Crippen LogP contribution in [0.3, 0.4) is 0 Å². The second-order valence-electron chi connectivity index (χ2n) is 3.81. The highest BCUT2D eigenvalue weighted by Gasteiger charge is 2.36. The van der Waals surface area contributed by atoms with Gasteiger partial charge in [0.15, 0.2) is 0 Å². The molecule has 4 nitrogen and oxygen atoms in total. The molecule has 0 aromatic carbocycles. The maximum Gasteiger partial charge on any atom is 0.308 e. The zero-order valence-electron chi connectivity index (χ0n) is 8.69. The lowest BCUT2D eigenvalue weighted by Crippen LogP contribution is -2.49. The lowest BCUT2D eigenvalue weighted by atomic mass is 9.90. The van der Waals surface area contributed by atoms with E-state index in [4.69, 9.17) is 5.11 Å². The normalized spacial score (nSPS) is 27.9. The smallest absolute Gasteiger partial charge is 0.308 e. The second kappa shape index (κ2) is 4.44. The molecule has 2 atom stereocenters. The molecule has 80 valence electrons. The molecule has 0 radical (unpaired) electrons. The van der Waals surface area contributed by atoms with Gasteiger partial charge in [0.25, 0.3) is 0 Å². The first-order valence-corrected chi connectivity index (χ1v) is 5.10. The molecule has 0 aliphatic carbocycles. The lowest BCUT2D eigenvalue weighted by Gasteiger charge is -2.37. The number of likely N-dealkylation sites (tertiary alicyclic amines) is 1. The Hall–Kier alpha value is -1.06. The molecule has 1 aliphatic heterocycles. The Kier molecular flexibility index (Phi) is 3.49. The van der Waals surface area contributed by atoms with Crippen LogP contribution in [0.15, 0.2) is 0 Å². The molecule has 1 amide bonds. The number of nitrogens with zero attached hydrogens (tertiary/aromatic N) is 1. The quantitative estimate of drug-likeness (QED) is 0.740. The van der Waals surface area contributed by atoms with E-state index in [-0.39, 0.29) is 17.9 Å². The van der Waals surface area contributed by atoms with Crippen molar-refractivity contribution in [2.24, 2.45) is 5.92 Å². The Morgan fingerprint density at radius 3 is 2.79 bits per heavy atom. The van der Waals surface area contributed by atoms with Crippen molar-refractivity contribution in [3.8, 4) is 0 Å². The molecule has 0 spiro atoms. The van der Waals surface area contributed by atoms with Crippen molar-refractivity contribution in [2.45, 2.75) is 39.2 Å². The van der Waals surface area contributed by atoms with Gasteiger partial charge in [0.1, 0.15) is 0 Å². The van der Waals surface area contributed by atoms with Crippen LogP contribution in [0.5, 0.6) is 0 Å². The van der Waals surface area contributed by atoms with Crippen molar-refractivity contribution in [3.63, 3.8) is 0 Å². The molecule has 1 heterocycles. The number of carbonyl (C=O) groups excluding carboxylic acids is 1. The molecule has 14 heavy (non-hydrogen) atoms. The van der Waals surface area contributed by atoms with Gasteiger partial charge in [0, 0.05) is 19.0 Å². The van der Waals surface area contributed by atoms with Gasteiger partial charge < -0.3 is 10.0 Å². The van der Waals surface area contributed by atoms with E-state index in [0.29, 0.717) is 19.4 Å². The number of carbonyl (C=O) groups is 2. The Labute approximate surface area is 83.9 Å². The third kappa shape index (κ3) is 2.05. The number of aliphatic carboxylic acids is 1. The SMILES string of the molecule is CCCN1C(=O)CC[C@H](C(=O)O)[C@H]1C. The minimum atomic E-state index is -0.786. The Balaban J connectivity index is 2.71. The molecule has 0 aromatic heterocycles. The highest BCUT2D eigenvalue weighted by Crippen LogP contribution is 2.24. The van der Waals surface area contributed by atoms with E-state index >= 15 is 0 Å². The monoisotopic (exact) mass is 199 g/mol. The average Bonchev–Trinajstić information content (AvgIpc) is 2.11. The van der Waals surface area contributed by atoms with E-state index in [2.05, 4.69) is 0 Å². The number of amides is 1. The van der Waals surface area contributed by atoms with Gasteiger partial charge in [-0.15, -0.1) is 0 Å². The van der Waals surface area contributed by atoms with Gasteiger partial charge in [-0.3, -0.25) is 9.59 Å². The van der Waals surface area contributed by atoms with Crippen molar-refractivity contribution < 1.29 is 14.7 Å². The minimum absolute atomic E-state index is 0.0943. The maximum atomic E-state index is 11.5. The summed E-state index contributed by atoms with van der Waals surface area (Å²) in [6.45, 7) is 4.49. The topological polar surface area (TPSA) is 57.6 Å². The molecule has 1 N–H and O–H groups in total. The first-order valence-electron chi connectivity index (χ1n) is 5.10. The summed E-state index contributed by atoms with van der Waals surface area (Å²) in [5.74, 6) is -1.08. The van der Waals surface area contributed by atoms with E-state index in [1.54, 1.807) is 4.90 Å². The number of piperidine rings is 1. The van der Waals surface area contributed by atoms with Crippen molar-refractivity contribution >= 4 is 11.9 Å². The van der Waals surface area contributed by atoms with Gasteiger partial charge in [-0.2, -0.15) is 0 Å². The summed E-state index contributed by atoms with van der Waals surface area (Å²) in [5, 5.41) is 8.94. The highest BCUT2D eigenvalue weighted by molar-refractivity contribution is 5.81. The average molecular weight is 199 g/mol. The van der Waals surface area contributed by atoms with Crippen molar-refractivity contribution in [3.05, 3.63) is 0 Å². The molecule has 1 saturated heterocycles. The molecule has 1 aliphatic rings. The zero-order valence-corrected chi connectivity index (χ0v) is 8.69. The number of carboxylic acids is 1. The van der Waals surface area contributed by atoms with Crippen LogP contribution in [0.4, 0.5) is 0 Å². The predicted octanol–water partition coefficient (Wildman–Crippen LogP) is 1.11. The van der Waals surface area contributed by atoms with Gasteiger partial charge in [-0.25, -0.2) is 0 Å². The predicted molar refractivity (Wildman–Crippen MR) is 51.8 cm³/mol. The first kappa shape index (κ1) is 11.0. The van der Waals surface area contributed by atoms with Crippen LogP contribution in [0.1, 0.15) is 33.1 Å². The van der Waals surface area contributed by atoms with Gasteiger partial charge in [0.2, 0.25) is 5.91 Å². The van der Waals surface area contributed by atoms with Crippen LogP contribution in [-0.2, 0) is 9.59 Å². The molecule has 0 unspecified atom stereocenters. The Morgan fingerprint density at radius 1 is 1.64 bits per heavy atom. The summed E-state index contributed by atoms with van der Waals surface area (Å²) >= 11 is 0. The maximum absolute atomic E-state index is 11.5. The van der Waals surface area contributed by atoms with Crippen LogP contribution in [-0.4, -0.2) is 34.5 Å². The molecular formula is C10H17NO3. The summed E-state index contributed by atoms with van der Waals surface area (Å²) in [7, 11) is 0. The lowest BCUT2D eigenvalue weighted by molar-refractivity contribution is -0.151. The summed E-state index contributed by atoms with van der Waals surface area (Å²) in [5.41, 5.74) is 0. The Morgan fingerprint density at radius 2 is 2.29 bits per heavy atom. The molecule has 1 rings (SSSR count). The van der Waals surface area contributed by atoms with Crippen LogP contribution in [0, 0.1) is 5.92 Å². The second-order valence-corrected chi connectivity index (χ2v) is 3.81. The van der Waals surface area contributed by atoms with Crippen LogP contribution < -0.4 is 0 Å². The van der Waals surface area contributed by atoms with Crippen molar-refractivity contribution in [1.82, 2.24) is 4.90 Å². The third-order valence-corrected chi connectivity index (χ3v) is 2.85. The van der Waals surface area contributed by atoms with E-state index in [1.165, 1.54) is 0 Å². The van der Waals surface area contributed by atoms with E-state index < -0.39 is 5.97 Å². The largest absolute Gasteiger partial charge is 0.481 e. The van der Waals surface area contributed by atoms with Crippen LogP contribution >= 0.6 is 0 Å². The van der Waals surface area contributed by atoms with Crippen LogP contribution in [0.2, 0.25) is 0 Å². The van der Waals surface area contributed by atoms with Gasteiger partial charge in [-0.1, -0.05) is 6.92 Å². The fourth-order valence-corrected chi connectivity index (χ4v) is 2.01. The third-order valence-electron chi connectivity index (χ3n) is 2.85. The zero-order chi connectivity index (χ0) is 10.7. The molecule has 4 heteroatoms. The molecule has 0 aromatic rings. The summed E-state index contributed by atoms with van der Waals surface area (Å²) in [6, 6.07) is -0.159. The fraction of sp³-hybridized carbons (Fsp3) is 0.800.